The molecule has 1 saturated heterocycles. The summed E-state index contributed by atoms with van der Waals surface area (Å²) in [5.41, 5.74) is 3.10. The molecule has 4 heterocycles. The Morgan fingerprint density at radius 1 is 1.16 bits per heavy atom. The van der Waals surface area contributed by atoms with Gasteiger partial charge in [0.05, 0.1) is 11.9 Å². The number of amides is 1. The summed E-state index contributed by atoms with van der Waals surface area (Å²) in [6, 6.07) is 9.06. The van der Waals surface area contributed by atoms with Gasteiger partial charge in [0.15, 0.2) is 5.13 Å². The van der Waals surface area contributed by atoms with Crippen molar-refractivity contribution in [2.45, 2.75) is 19.4 Å². The van der Waals surface area contributed by atoms with Crippen LogP contribution in [0.3, 0.4) is 0 Å². The van der Waals surface area contributed by atoms with E-state index >= 15 is 0 Å². The lowest BCUT2D eigenvalue weighted by Crippen LogP contribution is -2.48. The third kappa shape index (κ3) is 3.63. The first-order chi connectivity index (χ1) is 14.8. The zero-order valence-corrected chi connectivity index (χ0v) is 19.0. The normalized spacial score (nSPS) is 19.2. The smallest absolute Gasteiger partial charge is 0.253 e. The van der Waals surface area contributed by atoms with Crippen molar-refractivity contribution in [2.75, 3.05) is 41.6 Å². The van der Waals surface area contributed by atoms with E-state index in [4.69, 9.17) is 0 Å². The quantitative estimate of drug-likeness (QED) is 0.600. The van der Waals surface area contributed by atoms with Crippen LogP contribution in [0.25, 0.3) is 10.3 Å². The van der Waals surface area contributed by atoms with Crippen molar-refractivity contribution in [3.8, 4) is 0 Å². The Kier molecular flexibility index (Phi) is 4.86. The summed E-state index contributed by atoms with van der Waals surface area (Å²) in [7, 11) is -3.34. The first kappa shape index (κ1) is 20.2. The van der Waals surface area contributed by atoms with E-state index in [0.717, 1.165) is 34.1 Å². The number of fused-ring (bicyclic) bond motifs is 2. The number of nitrogens with zero attached hydrogens (tertiary/aromatic N) is 5. The summed E-state index contributed by atoms with van der Waals surface area (Å²) in [5.74, 6) is -0.0149. The van der Waals surface area contributed by atoms with Gasteiger partial charge in [0.25, 0.3) is 5.91 Å². The number of carbonyl (C=O) groups excluding carboxylic acids is 1. The van der Waals surface area contributed by atoms with E-state index in [2.05, 4.69) is 14.9 Å². The van der Waals surface area contributed by atoms with Crippen LogP contribution in [0.1, 0.15) is 22.8 Å². The van der Waals surface area contributed by atoms with Crippen LogP contribution in [0.4, 0.5) is 10.8 Å². The van der Waals surface area contributed by atoms with Crippen LogP contribution >= 0.6 is 11.3 Å². The predicted molar refractivity (Wildman–Crippen MR) is 122 cm³/mol. The van der Waals surface area contributed by atoms with Gasteiger partial charge in [-0.2, -0.15) is 0 Å². The fourth-order valence-corrected chi connectivity index (χ4v) is 6.64. The molecule has 5 rings (SSSR count). The van der Waals surface area contributed by atoms with E-state index in [9.17, 15) is 13.2 Å². The lowest BCUT2D eigenvalue weighted by molar-refractivity contribution is 0.0746. The highest BCUT2D eigenvalue weighted by Crippen LogP contribution is 2.35. The van der Waals surface area contributed by atoms with Crippen molar-refractivity contribution in [1.82, 2.24) is 14.9 Å². The van der Waals surface area contributed by atoms with E-state index in [1.165, 1.54) is 10.6 Å². The number of sulfonamides is 1. The Balaban J connectivity index is 1.29. The first-order valence-corrected chi connectivity index (χ1v) is 12.9. The maximum absolute atomic E-state index is 13.1. The zero-order chi connectivity index (χ0) is 21.8. The van der Waals surface area contributed by atoms with E-state index in [-0.39, 0.29) is 11.9 Å². The highest BCUT2D eigenvalue weighted by atomic mass is 32.2. The lowest BCUT2D eigenvalue weighted by atomic mass is 10.1. The molecule has 0 radical (unpaired) electrons. The minimum atomic E-state index is -3.34. The number of rotatable bonds is 3. The minimum Gasteiger partial charge on any atom is -0.344 e. The summed E-state index contributed by atoms with van der Waals surface area (Å²) in [4.78, 5) is 27.1. The van der Waals surface area contributed by atoms with Gasteiger partial charge in [-0.05, 0) is 49.2 Å². The molecular formula is C21H23N5O3S2. The van der Waals surface area contributed by atoms with Crippen LogP contribution < -0.4 is 9.21 Å². The molecule has 2 aliphatic heterocycles. The molecule has 31 heavy (non-hydrogen) atoms. The topological polar surface area (TPSA) is 86.7 Å². The number of aromatic nitrogens is 2. The largest absolute Gasteiger partial charge is 0.344 e. The molecule has 1 aromatic carbocycles. The van der Waals surface area contributed by atoms with E-state index in [1.807, 2.05) is 30.0 Å². The number of benzene rings is 1. The number of piperazine rings is 1. The Morgan fingerprint density at radius 3 is 2.65 bits per heavy atom. The van der Waals surface area contributed by atoms with Gasteiger partial charge in [0.1, 0.15) is 10.3 Å². The fraction of sp³-hybridized carbons (Fsp3) is 0.381. The van der Waals surface area contributed by atoms with Crippen molar-refractivity contribution in [1.29, 1.82) is 0 Å². The lowest BCUT2D eigenvalue weighted by Gasteiger charge is -2.34. The van der Waals surface area contributed by atoms with Crippen LogP contribution in [0.2, 0.25) is 0 Å². The highest BCUT2D eigenvalue weighted by molar-refractivity contribution is 7.92. The zero-order valence-electron chi connectivity index (χ0n) is 17.4. The average molecular weight is 458 g/mol. The van der Waals surface area contributed by atoms with E-state index in [1.54, 1.807) is 29.7 Å². The SMILES string of the molecule is CC1Cc2cc(C(=O)N3CCN(c4nc5cccnc5s4)CC3)ccc2N1S(C)(=O)=O. The molecule has 10 heteroatoms. The monoisotopic (exact) mass is 457 g/mol. The second-order valence-electron chi connectivity index (χ2n) is 8.06. The molecule has 1 atom stereocenters. The molecular weight excluding hydrogens is 434 g/mol. The number of hydrogen-bond donors (Lipinski definition) is 0. The van der Waals surface area contributed by atoms with Gasteiger partial charge in [0.2, 0.25) is 10.0 Å². The summed E-state index contributed by atoms with van der Waals surface area (Å²) in [5, 5.41) is 0.938. The van der Waals surface area contributed by atoms with Crippen molar-refractivity contribution in [2.24, 2.45) is 0 Å². The predicted octanol–water partition coefficient (Wildman–Crippen LogP) is 2.36. The van der Waals surface area contributed by atoms with Crippen LogP contribution in [-0.2, 0) is 16.4 Å². The third-order valence-corrected chi connectivity index (χ3v) is 8.14. The molecule has 1 unspecified atom stereocenters. The second kappa shape index (κ2) is 7.45. The van der Waals surface area contributed by atoms with Crippen molar-refractivity contribution < 1.29 is 13.2 Å². The van der Waals surface area contributed by atoms with Gasteiger partial charge in [-0.15, -0.1) is 0 Å². The molecule has 8 nitrogen and oxygen atoms in total. The number of carbonyl (C=O) groups is 1. The Hall–Kier alpha value is -2.72. The summed E-state index contributed by atoms with van der Waals surface area (Å²) >= 11 is 1.57. The molecule has 162 valence electrons. The van der Waals surface area contributed by atoms with E-state index < -0.39 is 10.0 Å². The molecule has 2 aliphatic rings. The Bertz CT molecular complexity index is 1230. The van der Waals surface area contributed by atoms with E-state index in [0.29, 0.717) is 30.8 Å². The van der Waals surface area contributed by atoms with Gasteiger partial charge >= 0.3 is 0 Å². The van der Waals surface area contributed by atoms with Crippen molar-refractivity contribution in [3.05, 3.63) is 47.7 Å². The average Bonchev–Trinajstić information content (AvgIpc) is 3.32. The molecule has 1 amide bonds. The van der Waals surface area contributed by atoms with Crippen LogP contribution in [0.5, 0.6) is 0 Å². The standard InChI is InChI=1S/C21H23N5O3S2/c1-14-12-16-13-15(5-6-18(16)26(14)31(2,28)29)20(27)24-8-10-25(11-9-24)21-23-17-4-3-7-22-19(17)30-21/h3-7,13-14H,8-12H2,1-2H3. The first-order valence-electron chi connectivity index (χ1n) is 10.2. The molecule has 0 aliphatic carbocycles. The Morgan fingerprint density at radius 2 is 1.94 bits per heavy atom. The van der Waals surface area contributed by atoms with Gasteiger partial charge in [-0.25, -0.2) is 18.4 Å². The van der Waals surface area contributed by atoms with Crippen molar-refractivity contribution in [3.63, 3.8) is 0 Å². The van der Waals surface area contributed by atoms with Gasteiger partial charge in [0, 0.05) is 44.0 Å². The van der Waals surface area contributed by atoms with Gasteiger partial charge in [-0.3, -0.25) is 9.10 Å². The number of thiazole rings is 1. The van der Waals surface area contributed by atoms with Crippen LogP contribution in [0.15, 0.2) is 36.5 Å². The maximum Gasteiger partial charge on any atom is 0.253 e. The molecule has 0 N–H and O–H groups in total. The summed E-state index contributed by atoms with van der Waals surface area (Å²) in [6.07, 6.45) is 3.61. The number of pyridine rings is 1. The van der Waals surface area contributed by atoms with Crippen LogP contribution in [-0.4, -0.2) is 67.7 Å². The summed E-state index contributed by atoms with van der Waals surface area (Å²) in [6.45, 7) is 4.56. The van der Waals surface area contributed by atoms with Crippen LogP contribution in [0, 0.1) is 0 Å². The molecule has 0 bridgehead atoms. The molecule has 2 aromatic heterocycles. The minimum absolute atomic E-state index is 0.0149. The maximum atomic E-state index is 13.1. The molecule has 3 aromatic rings. The fourth-order valence-electron chi connectivity index (χ4n) is 4.42. The second-order valence-corrected chi connectivity index (χ2v) is 10.9. The third-order valence-electron chi connectivity index (χ3n) is 5.83. The van der Waals surface area contributed by atoms with Gasteiger partial charge in [-0.1, -0.05) is 11.3 Å². The number of anilines is 2. The summed E-state index contributed by atoms with van der Waals surface area (Å²) < 4.78 is 25.7. The highest BCUT2D eigenvalue weighted by Gasteiger charge is 2.33. The molecule has 0 saturated carbocycles. The molecule has 1 fully saturated rings. The number of hydrogen-bond acceptors (Lipinski definition) is 7. The van der Waals surface area contributed by atoms with Gasteiger partial charge < -0.3 is 9.80 Å². The Labute approximate surface area is 185 Å². The molecule has 0 spiro atoms. The van der Waals surface area contributed by atoms with Crippen molar-refractivity contribution >= 4 is 48.4 Å².